The van der Waals surface area contributed by atoms with Crippen LogP contribution in [0.4, 0.5) is 0 Å². The molecule has 1 aliphatic heterocycles. The van der Waals surface area contributed by atoms with Gasteiger partial charge in [-0.1, -0.05) is 24.3 Å². The highest BCUT2D eigenvalue weighted by Crippen LogP contribution is 2.09. The zero-order valence-corrected chi connectivity index (χ0v) is 13.8. The maximum absolute atomic E-state index is 12.9. The molecule has 2 N–H and O–H groups in total. The molecule has 0 saturated carbocycles. The van der Waals surface area contributed by atoms with Gasteiger partial charge in [0.25, 0.3) is 11.8 Å². The number of hydrogen-bond donors (Lipinski definition) is 2. The second-order valence-electron chi connectivity index (χ2n) is 5.71. The third kappa shape index (κ3) is 4.51. The van der Waals surface area contributed by atoms with Gasteiger partial charge < -0.3 is 15.5 Å². The first-order valence-corrected chi connectivity index (χ1v) is 8.22. The smallest absolute Gasteiger partial charge is 0.270 e. The molecule has 0 bridgehead atoms. The molecule has 25 heavy (non-hydrogen) atoms. The molecule has 2 aromatic rings. The number of carbonyl (C=O) groups excluding carboxylic acids is 2. The van der Waals surface area contributed by atoms with Crippen LogP contribution in [-0.4, -0.2) is 47.9 Å². The molecule has 1 aromatic carbocycles. The van der Waals surface area contributed by atoms with Crippen molar-refractivity contribution in [2.45, 2.75) is 0 Å². The number of aromatic nitrogens is 1. The molecule has 6 heteroatoms. The SMILES string of the molecule is O=C(N/C(=C\c1cccnc1)C(=O)N1CCNCC1)c1ccccc1. The first-order valence-electron chi connectivity index (χ1n) is 8.22. The van der Waals surface area contributed by atoms with Gasteiger partial charge in [0.05, 0.1) is 0 Å². The monoisotopic (exact) mass is 336 g/mol. The van der Waals surface area contributed by atoms with Gasteiger partial charge in [-0.05, 0) is 29.8 Å². The average molecular weight is 336 g/mol. The van der Waals surface area contributed by atoms with Gasteiger partial charge in [0.1, 0.15) is 5.70 Å². The Balaban J connectivity index is 1.85. The number of rotatable bonds is 4. The van der Waals surface area contributed by atoms with E-state index in [0.29, 0.717) is 18.7 Å². The summed E-state index contributed by atoms with van der Waals surface area (Å²) in [6, 6.07) is 12.5. The summed E-state index contributed by atoms with van der Waals surface area (Å²) < 4.78 is 0. The van der Waals surface area contributed by atoms with Crippen molar-refractivity contribution in [3.63, 3.8) is 0 Å². The highest BCUT2D eigenvalue weighted by Gasteiger charge is 2.22. The van der Waals surface area contributed by atoms with Crippen LogP contribution in [0.5, 0.6) is 0 Å². The molecule has 3 rings (SSSR count). The molecule has 1 saturated heterocycles. The number of nitrogens with zero attached hydrogens (tertiary/aromatic N) is 2. The van der Waals surface area contributed by atoms with Crippen LogP contribution in [0.2, 0.25) is 0 Å². The predicted molar refractivity (Wildman–Crippen MR) is 95.6 cm³/mol. The molecule has 128 valence electrons. The molecule has 2 heterocycles. The second kappa shape index (κ2) is 8.21. The Labute approximate surface area is 146 Å². The third-order valence-electron chi connectivity index (χ3n) is 3.91. The van der Waals surface area contributed by atoms with Gasteiger partial charge in [0.15, 0.2) is 0 Å². The summed E-state index contributed by atoms with van der Waals surface area (Å²) in [5.74, 6) is -0.492. The Hall–Kier alpha value is -2.99. The Kier molecular flexibility index (Phi) is 5.53. The van der Waals surface area contributed by atoms with Crippen molar-refractivity contribution in [1.29, 1.82) is 0 Å². The fourth-order valence-electron chi connectivity index (χ4n) is 2.60. The molecule has 2 amide bonds. The first kappa shape index (κ1) is 16.9. The van der Waals surface area contributed by atoms with Crippen LogP contribution in [0, 0.1) is 0 Å². The van der Waals surface area contributed by atoms with E-state index in [-0.39, 0.29) is 17.5 Å². The number of amides is 2. The van der Waals surface area contributed by atoms with Crippen LogP contribution < -0.4 is 10.6 Å². The van der Waals surface area contributed by atoms with Gasteiger partial charge in [-0.3, -0.25) is 14.6 Å². The molecule has 1 aromatic heterocycles. The van der Waals surface area contributed by atoms with E-state index in [2.05, 4.69) is 15.6 Å². The molecule has 0 radical (unpaired) electrons. The fraction of sp³-hybridized carbons (Fsp3) is 0.211. The topological polar surface area (TPSA) is 74.3 Å². The fourth-order valence-corrected chi connectivity index (χ4v) is 2.60. The van der Waals surface area contributed by atoms with E-state index in [1.807, 2.05) is 12.1 Å². The maximum atomic E-state index is 12.9. The van der Waals surface area contributed by atoms with E-state index < -0.39 is 0 Å². The van der Waals surface area contributed by atoms with E-state index in [0.717, 1.165) is 18.7 Å². The van der Waals surface area contributed by atoms with Gasteiger partial charge in [0.2, 0.25) is 0 Å². The third-order valence-corrected chi connectivity index (χ3v) is 3.91. The number of carbonyl (C=O) groups is 2. The Morgan fingerprint density at radius 2 is 1.84 bits per heavy atom. The normalized spacial score (nSPS) is 14.9. The van der Waals surface area contributed by atoms with Crippen molar-refractivity contribution in [3.05, 3.63) is 71.7 Å². The molecule has 6 nitrogen and oxygen atoms in total. The molecule has 0 spiro atoms. The molecular formula is C19H20N4O2. The van der Waals surface area contributed by atoms with Crippen LogP contribution in [0.25, 0.3) is 6.08 Å². The van der Waals surface area contributed by atoms with Crippen molar-refractivity contribution < 1.29 is 9.59 Å². The standard InChI is InChI=1S/C19H20N4O2/c24-18(16-6-2-1-3-7-16)22-17(13-15-5-4-8-21-14-15)19(25)23-11-9-20-10-12-23/h1-8,13-14,20H,9-12H2,(H,22,24)/b17-13-. The lowest BCUT2D eigenvalue weighted by Crippen LogP contribution is -2.48. The maximum Gasteiger partial charge on any atom is 0.270 e. The quantitative estimate of drug-likeness (QED) is 0.825. The summed E-state index contributed by atoms with van der Waals surface area (Å²) >= 11 is 0. The van der Waals surface area contributed by atoms with Crippen molar-refractivity contribution in [2.75, 3.05) is 26.2 Å². The van der Waals surface area contributed by atoms with Crippen LogP contribution in [0.3, 0.4) is 0 Å². The minimum absolute atomic E-state index is 0.186. The molecule has 1 aliphatic rings. The minimum atomic E-state index is -0.306. The second-order valence-corrected chi connectivity index (χ2v) is 5.71. The highest BCUT2D eigenvalue weighted by atomic mass is 16.2. The van der Waals surface area contributed by atoms with Crippen molar-refractivity contribution in [1.82, 2.24) is 20.5 Å². The lowest BCUT2D eigenvalue weighted by molar-refractivity contribution is -0.127. The number of piperazine rings is 1. The van der Waals surface area contributed by atoms with Crippen LogP contribution in [0.1, 0.15) is 15.9 Å². The Morgan fingerprint density at radius 3 is 2.52 bits per heavy atom. The lowest BCUT2D eigenvalue weighted by atomic mass is 10.1. The zero-order chi connectivity index (χ0) is 17.5. The van der Waals surface area contributed by atoms with E-state index in [9.17, 15) is 9.59 Å². The van der Waals surface area contributed by atoms with E-state index in [1.54, 1.807) is 53.7 Å². The van der Waals surface area contributed by atoms with Gasteiger partial charge in [-0.25, -0.2) is 0 Å². The number of nitrogens with one attached hydrogen (secondary N) is 2. The minimum Gasteiger partial charge on any atom is -0.335 e. The summed E-state index contributed by atoms with van der Waals surface area (Å²) in [4.78, 5) is 31.1. The molecule has 1 fully saturated rings. The number of benzene rings is 1. The largest absolute Gasteiger partial charge is 0.335 e. The van der Waals surface area contributed by atoms with Gasteiger partial charge in [-0.15, -0.1) is 0 Å². The predicted octanol–water partition coefficient (Wildman–Crippen LogP) is 1.28. The van der Waals surface area contributed by atoms with E-state index in [1.165, 1.54) is 0 Å². The summed E-state index contributed by atoms with van der Waals surface area (Å²) in [7, 11) is 0. The number of hydrogen-bond acceptors (Lipinski definition) is 4. The van der Waals surface area contributed by atoms with Gasteiger partial charge >= 0.3 is 0 Å². The van der Waals surface area contributed by atoms with Crippen molar-refractivity contribution in [2.24, 2.45) is 0 Å². The summed E-state index contributed by atoms with van der Waals surface area (Å²) in [5.41, 5.74) is 1.52. The lowest BCUT2D eigenvalue weighted by Gasteiger charge is -2.28. The summed E-state index contributed by atoms with van der Waals surface area (Å²) in [6.07, 6.45) is 4.98. The van der Waals surface area contributed by atoms with Gasteiger partial charge in [-0.2, -0.15) is 0 Å². The van der Waals surface area contributed by atoms with Crippen LogP contribution >= 0.6 is 0 Å². The Bertz CT molecular complexity index is 754. The van der Waals surface area contributed by atoms with E-state index in [4.69, 9.17) is 0 Å². The molecular weight excluding hydrogens is 316 g/mol. The van der Waals surface area contributed by atoms with Crippen LogP contribution in [0.15, 0.2) is 60.6 Å². The summed E-state index contributed by atoms with van der Waals surface area (Å²) in [5, 5.41) is 5.98. The van der Waals surface area contributed by atoms with E-state index >= 15 is 0 Å². The average Bonchev–Trinajstić information content (AvgIpc) is 2.69. The molecule has 0 aliphatic carbocycles. The molecule has 0 atom stereocenters. The van der Waals surface area contributed by atoms with Crippen molar-refractivity contribution >= 4 is 17.9 Å². The first-order chi connectivity index (χ1) is 12.2. The zero-order valence-electron chi connectivity index (χ0n) is 13.8. The highest BCUT2D eigenvalue weighted by molar-refractivity contribution is 6.05. The molecule has 0 unspecified atom stereocenters. The van der Waals surface area contributed by atoms with Crippen molar-refractivity contribution in [3.8, 4) is 0 Å². The van der Waals surface area contributed by atoms with Crippen LogP contribution in [-0.2, 0) is 4.79 Å². The summed E-state index contributed by atoms with van der Waals surface area (Å²) in [6.45, 7) is 2.73. The van der Waals surface area contributed by atoms with Gasteiger partial charge in [0, 0.05) is 44.1 Å². The number of pyridine rings is 1. The Morgan fingerprint density at radius 1 is 1.08 bits per heavy atom.